The first kappa shape index (κ1) is 37.6. The van der Waals surface area contributed by atoms with Crippen LogP contribution < -0.4 is 5.73 Å². The van der Waals surface area contributed by atoms with Crippen molar-refractivity contribution in [1.29, 1.82) is 0 Å². The highest BCUT2D eigenvalue weighted by Gasteiger charge is 2.19. The van der Waals surface area contributed by atoms with E-state index in [1.54, 1.807) is 0 Å². The molecule has 0 fully saturated rings. The number of hydrogen-bond acceptors (Lipinski definition) is 7. The molecular weight excluding hydrogens is 448 g/mol. The van der Waals surface area contributed by atoms with Gasteiger partial charge in [-0.25, -0.2) is 0 Å². The maximum atomic E-state index is 10.4. The largest absolute Gasteiger partial charge is 0.327 e. The van der Waals surface area contributed by atoms with E-state index in [1.165, 1.54) is 0 Å². The molecule has 0 aliphatic rings. The zero-order chi connectivity index (χ0) is 28.2. The molecule has 0 radical (unpaired) electrons. The predicted molar refractivity (Wildman–Crippen MR) is 146 cm³/mol. The first-order chi connectivity index (χ1) is 15.9. The van der Waals surface area contributed by atoms with Crippen LogP contribution in [0.2, 0.25) is 0 Å². The van der Waals surface area contributed by atoms with E-state index in [1.807, 2.05) is 20.1 Å². The molecule has 208 valence electrons. The fourth-order valence-electron chi connectivity index (χ4n) is 2.33. The Labute approximate surface area is 214 Å². The van der Waals surface area contributed by atoms with E-state index in [2.05, 4.69) is 60.4 Å². The van der Waals surface area contributed by atoms with Crippen LogP contribution in [0.15, 0.2) is 4.99 Å². The molecule has 0 spiro atoms. The Bertz CT molecular complexity index is 596. The molecule has 9 nitrogen and oxygen atoms in total. The Hall–Kier alpha value is -1.90. The summed E-state index contributed by atoms with van der Waals surface area (Å²) in [6, 6.07) is 0.546. The number of aldehydes is 1. The highest BCUT2D eigenvalue weighted by Crippen LogP contribution is 2.22. The van der Waals surface area contributed by atoms with E-state index < -0.39 is 0 Å². The normalized spacial score (nSPS) is 15.1. The van der Waals surface area contributed by atoms with Crippen molar-refractivity contribution in [1.82, 2.24) is 0 Å². The smallest absolute Gasteiger partial charge is 0.204 e. The summed E-state index contributed by atoms with van der Waals surface area (Å²) in [5, 5.41) is 20.3. The minimum atomic E-state index is -0.383. The van der Waals surface area contributed by atoms with Crippen LogP contribution in [0.4, 0.5) is 0 Å². The van der Waals surface area contributed by atoms with E-state index in [9.17, 15) is 25.0 Å². The van der Waals surface area contributed by atoms with Crippen molar-refractivity contribution in [3.05, 3.63) is 20.2 Å². The van der Waals surface area contributed by atoms with Gasteiger partial charge in [0.25, 0.3) is 0 Å². The van der Waals surface area contributed by atoms with Gasteiger partial charge in [0.1, 0.15) is 6.29 Å². The van der Waals surface area contributed by atoms with Crippen LogP contribution in [0.25, 0.3) is 0 Å². The van der Waals surface area contributed by atoms with Gasteiger partial charge in [0.2, 0.25) is 13.1 Å². The molecule has 0 aromatic carbocycles. The van der Waals surface area contributed by atoms with Crippen LogP contribution in [-0.2, 0) is 4.79 Å². The average Bonchev–Trinajstić information content (AvgIpc) is 2.72. The predicted octanol–water partition coefficient (Wildman–Crippen LogP) is 6.22. The lowest BCUT2D eigenvalue weighted by molar-refractivity contribution is -0.481. The second kappa shape index (κ2) is 20.3. The number of hydrogen-bond donors (Lipinski definition) is 1. The average molecular weight is 503 g/mol. The van der Waals surface area contributed by atoms with Crippen LogP contribution in [-0.4, -0.2) is 47.5 Å². The Morgan fingerprint density at radius 1 is 0.800 bits per heavy atom. The van der Waals surface area contributed by atoms with Gasteiger partial charge >= 0.3 is 0 Å². The van der Waals surface area contributed by atoms with Gasteiger partial charge in [-0.2, -0.15) is 0 Å². The zero-order valence-electron chi connectivity index (χ0n) is 24.1. The molecule has 0 heterocycles. The minimum absolute atomic E-state index is 0.0422. The quantitative estimate of drug-likeness (QED) is 0.137. The van der Waals surface area contributed by atoms with Gasteiger partial charge < -0.3 is 10.5 Å². The summed E-state index contributed by atoms with van der Waals surface area (Å²) in [7, 11) is 0. The molecule has 4 atom stereocenters. The van der Waals surface area contributed by atoms with Crippen molar-refractivity contribution in [2.45, 2.75) is 120 Å². The number of aliphatic imine (C=N–C) groups is 1. The van der Waals surface area contributed by atoms with Crippen molar-refractivity contribution >= 4 is 12.5 Å². The maximum Gasteiger partial charge on any atom is 0.204 e. The summed E-state index contributed by atoms with van der Waals surface area (Å²) in [5.41, 5.74) is 6.00. The topological polar surface area (TPSA) is 142 Å². The number of nitrogens with two attached hydrogens (primary N) is 1. The highest BCUT2D eigenvalue weighted by molar-refractivity contribution is 5.61. The third-order valence-corrected chi connectivity index (χ3v) is 6.02. The maximum absolute atomic E-state index is 10.4. The molecule has 0 unspecified atom stereocenters. The summed E-state index contributed by atoms with van der Waals surface area (Å²) < 4.78 is 0. The second-order valence-electron chi connectivity index (χ2n) is 11.4. The van der Waals surface area contributed by atoms with E-state index in [4.69, 9.17) is 5.73 Å². The molecule has 0 rings (SSSR count). The molecule has 0 bridgehead atoms. The van der Waals surface area contributed by atoms with Gasteiger partial charge in [-0.05, 0) is 37.5 Å². The molecular formula is C26H54N4O5. The highest BCUT2D eigenvalue weighted by atomic mass is 16.6. The van der Waals surface area contributed by atoms with E-state index in [0.29, 0.717) is 18.9 Å². The number of carbonyl (C=O) groups excluding carboxylic acids is 1. The minimum Gasteiger partial charge on any atom is -0.327 e. The molecule has 0 aromatic heterocycles. The van der Waals surface area contributed by atoms with E-state index >= 15 is 0 Å². The molecule has 35 heavy (non-hydrogen) atoms. The van der Waals surface area contributed by atoms with Gasteiger partial charge in [0, 0.05) is 46.8 Å². The Kier molecular flexibility index (Phi) is 21.8. The fraction of sp³-hybridized carbons (Fsp3) is 0.923. The molecule has 0 saturated carbocycles. The first-order valence-electron chi connectivity index (χ1n) is 12.9. The molecule has 0 saturated heterocycles. The second-order valence-corrected chi connectivity index (χ2v) is 11.4. The summed E-state index contributed by atoms with van der Waals surface area (Å²) in [6.07, 6.45) is 7.41. The van der Waals surface area contributed by atoms with Crippen molar-refractivity contribution in [2.75, 3.05) is 13.1 Å². The lowest BCUT2D eigenvalue weighted by Crippen LogP contribution is -2.31. The molecule has 0 aromatic rings. The van der Waals surface area contributed by atoms with E-state index in [-0.39, 0.29) is 51.6 Å². The van der Waals surface area contributed by atoms with Crippen molar-refractivity contribution in [3.8, 4) is 0 Å². The first-order valence-corrected chi connectivity index (χ1v) is 12.9. The van der Waals surface area contributed by atoms with Crippen molar-refractivity contribution in [3.63, 3.8) is 0 Å². The van der Waals surface area contributed by atoms with Crippen molar-refractivity contribution in [2.24, 2.45) is 33.4 Å². The number of rotatable bonds is 13. The van der Waals surface area contributed by atoms with Gasteiger partial charge in [-0.15, -0.1) is 0 Å². The number of nitro groups is 2. The van der Waals surface area contributed by atoms with Crippen molar-refractivity contribution < 1.29 is 14.6 Å². The van der Waals surface area contributed by atoms with Gasteiger partial charge in [-0.3, -0.25) is 25.2 Å². The summed E-state index contributed by atoms with van der Waals surface area (Å²) in [4.78, 5) is 34.5. The standard InChI is InChI=1S/C13H26N2O2.C7H13NO3.C6H15N/c1-6-7-12(8-9-15(16)17)10-14-11(2)13(3,4)5;1-2-3-7(6-9)4-5-8(10)11;1-5(7)6(2,3)4/h10-12H,6-9H2,1-5H3;6-7H,2-5H2,1H3;5H,7H2,1-4H3/t11-,12-;7-;5-/m111/s1. The lowest BCUT2D eigenvalue weighted by Gasteiger charge is -2.24. The molecule has 2 N–H and O–H groups in total. The molecule has 0 aliphatic heterocycles. The summed E-state index contributed by atoms with van der Waals surface area (Å²) in [5.74, 6) is 0.126. The SMILES string of the molecule is CCC[C@@H](C=N[C@H](C)C(C)(C)C)CC[N+](=O)[O-].CCC[C@@H](C=O)CC[N+](=O)[O-].C[C@@H](N)C(C)(C)C. The third kappa shape index (κ3) is 26.5. The summed E-state index contributed by atoms with van der Waals surface area (Å²) in [6.45, 7) is 21.0. The Morgan fingerprint density at radius 3 is 1.46 bits per heavy atom. The van der Waals surface area contributed by atoms with Crippen LogP contribution in [0, 0.1) is 42.9 Å². The monoisotopic (exact) mass is 502 g/mol. The van der Waals surface area contributed by atoms with Gasteiger partial charge in [0.05, 0.1) is 6.04 Å². The van der Waals surface area contributed by atoms with Gasteiger partial charge in [0.15, 0.2) is 0 Å². The van der Waals surface area contributed by atoms with Crippen LogP contribution in [0.1, 0.15) is 108 Å². The summed E-state index contributed by atoms with van der Waals surface area (Å²) >= 11 is 0. The van der Waals surface area contributed by atoms with Crippen LogP contribution in [0.5, 0.6) is 0 Å². The molecule has 9 heteroatoms. The Balaban J connectivity index is -0.000000486. The van der Waals surface area contributed by atoms with Gasteiger partial charge in [-0.1, -0.05) is 68.2 Å². The fourth-order valence-corrected chi connectivity index (χ4v) is 2.33. The van der Waals surface area contributed by atoms with Crippen LogP contribution in [0.3, 0.4) is 0 Å². The lowest BCUT2D eigenvalue weighted by atomic mass is 9.88. The van der Waals surface area contributed by atoms with Crippen LogP contribution >= 0.6 is 0 Å². The third-order valence-electron chi connectivity index (χ3n) is 6.02. The van der Waals surface area contributed by atoms with E-state index in [0.717, 1.165) is 32.0 Å². The number of carbonyl (C=O) groups is 1. The number of nitrogens with zero attached hydrogens (tertiary/aromatic N) is 3. The zero-order valence-corrected chi connectivity index (χ0v) is 24.1. The Morgan fingerprint density at radius 2 is 1.17 bits per heavy atom. The molecule has 0 amide bonds. The molecule has 0 aliphatic carbocycles.